The molecule has 128 valence electrons. The molecule has 1 amide bonds. The molecule has 0 aliphatic carbocycles. The third-order valence-electron chi connectivity index (χ3n) is 4.16. The number of benzene rings is 2. The second-order valence-electron chi connectivity index (χ2n) is 5.71. The summed E-state index contributed by atoms with van der Waals surface area (Å²) in [5, 5.41) is 0. The third kappa shape index (κ3) is 4.51. The Morgan fingerprint density at radius 2 is 1.62 bits per heavy atom. The summed E-state index contributed by atoms with van der Waals surface area (Å²) >= 11 is 0. The number of carbonyl (C=O) groups excluding carboxylic acids is 1. The number of nitrogens with zero attached hydrogens (tertiary/aromatic N) is 1. The quantitative estimate of drug-likeness (QED) is 0.775. The molecule has 0 aliphatic rings. The van der Waals surface area contributed by atoms with Crippen molar-refractivity contribution in [3.05, 3.63) is 59.7 Å². The Balaban J connectivity index is 1.99. The maximum absolute atomic E-state index is 12.5. The number of carbonyl (C=O) groups is 1. The van der Waals surface area contributed by atoms with E-state index in [1.807, 2.05) is 69.4 Å². The second kappa shape index (κ2) is 8.39. The van der Waals surface area contributed by atoms with Gasteiger partial charge in [-0.1, -0.05) is 24.3 Å². The van der Waals surface area contributed by atoms with E-state index in [9.17, 15) is 4.79 Å². The summed E-state index contributed by atoms with van der Waals surface area (Å²) in [7, 11) is 3.48. The van der Waals surface area contributed by atoms with Crippen molar-refractivity contribution >= 4 is 5.91 Å². The predicted molar refractivity (Wildman–Crippen MR) is 95.5 cm³/mol. The van der Waals surface area contributed by atoms with Gasteiger partial charge in [0.15, 0.2) is 0 Å². The number of rotatable bonds is 7. The first-order chi connectivity index (χ1) is 11.5. The fourth-order valence-corrected chi connectivity index (χ4v) is 2.49. The summed E-state index contributed by atoms with van der Waals surface area (Å²) in [6.45, 7) is 4.62. The number of likely N-dealkylation sites (N-methyl/N-ethyl adjacent to an activating group) is 1. The molecule has 0 radical (unpaired) electrons. The molecule has 0 bridgehead atoms. The van der Waals surface area contributed by atoms with Gasteiger partial charge < -0.3 is 14.4 Å². The van der Waals surface area contributed by atoms with Gasteiger partial charge in [0.05, 0.1) is 26.2 Å². The molecule has 0 N–H and O–H groups in total. The molecular formula is C20H25NO3. The van der Waals surface area contributed by atoms with Crippen LogP contribution >= 0.6 is 0 Å². The van der Waals surface area contributed by atoms with Crippen LogP contribution in [0.15, 0.2) is 48.5 Å². The van der Waals surface area contributed by atoms with Crippen molar-refractivity contribution < 1.29 is 14.3 Å². The van der Waals surface area contributed by atoms with Crippen molar-refractivity contribution in [1.29, 1.82) is 0 Å². The predicted octanol–water partition coefficient (Wildman–Crippen LogP) is 3.86. The molecule has 2 rings (SSSR count). The highest BCUT2D eigenvalue weighted by atomic mass is 16.5. The Morgan fingerprint density at radius 1 is 1.04 bits per heavy atom. The van der Waals surface area contributed by atoms with Crippen molar-refractivity contribution in [2.75, 3.05) is 20.8 Å². The number of hydrogen-bond acceptors (Lipinski definition) is 3. The molecule has 24 heavy (non-hydrogen) atoms. The van der Waals surface area contributed by atoms with E-state index in [-0.39, 0.29) is 11.9 Å². The molecule has 4 nitrogen and oxygen atoms in total. The van der Waals surface area contributed by atoms with Gasteiger partial charge in [-0.25, -0.2) is 0 Å². The molecule has 0 heterocycles. The van der Waals surface area contributed by atoms with Crippen LogP contribution in [0.5, 0.6) is 11.5 Å². The van der Waals surface area contributed by atoms with Crippen LogP contribution in [-0.2, 0) is 11.2 Å². The van der Waals surface area contributed by atoms with Crippen LogP contribution in [0.3, 0.4) is 0 Å². The van der Waals surface area contributed by atoms with Crippen molar-refractivity contribution in [1.82, 2.24) is 4.90 Å². The van der Waals surface area contributed by atoms with Crippen molar-refractivity contribution in [3.8, 4) is 11.5 Å². The summed E-state index contributed by atoms with van der Waals surface area (Å²) in [5.74, 6) is 1.73. The average molecular weight is 327 g/mol. The number of ether oxygens (including phenoxy) is 2. The molecule has 0 saturated heterocycles. The molecule has 0 spiro atoms. The smallest absolute Gasteiger partial charge is 0.227 e. The fraction of sp³-hybridized carbons (Fsp3) is 0.350. The van der Waals surface area contributed by atoms with E-state index in [4.69, 9.17) is 9.47 Å². The minimum absolute atomic E-state index is 0.00565. The fourth-order valence-electron chi connectivity index (χ4n) is 2.49. The Morgan fingerprint density at radius 3 is 2.17 bits per heavy atom. The molecule has 4 heteroatoms. The minimum Gasteiger partial charge on any atom is -0.497 e. The van der Waals surface area contributed by atoms with Gasteiger partial charge in [-0.3, -0.25) is 4.79 Å². The summed E-state index contributed by atoms with van der Waals surface area (Å²) in [5.41, 5.74) is 2.07. The molecular weight excluding hydrogens is 302 g/mol. The Hall–Kier alpha value is -2.49. The van der Waals surface area contributed by atoms with Gasteiger partial charge in [-0.2, -0.15) is 0 Å². The Labute approximate surface area is 144 Å². The van der Waals surface area contributed by atoms with Crippen LogP contribution in [0.25, 0.3) is 0 Å². The summed E-state index contributed by atoms with van der Waals surface area (Å²) in [6, 6.07) is 15.5. The van der Waals surface area contributed by atoms with Crippen LogP contribution < -0.4 is 9.47 Å². The first kappa shape index (κ1) is 17.9. The van der Waals surface area contributed by atoms with Gasteiger partial charge in [0.25, 0.3) is 0 Å². The van der Waals surface area contributed by atoms with Gasteiger partial charge in [0.1, 0.15) is 11.5 Å². The van der Waals surface area contributed by atoms with Crippen molar-refractivity contribution in [2.45, 2.75) is 26.3 Å². The van der Waals surface area contributed by atoms with E-state index in [2.05, 4.69) is 0 Å². The Bertz CT molecular complexity index is 650. The lowest BCUT2D eigenvalue weighted by atomic mass is 10.1. The van der Waals surface area contributed by atoms with Gasteiger partial charge >= 0.3 is 0 Å². The number of methoxy groups -OCH3 is 1. The van der Waals surface area contributed by atoms with Crippen LogP contribution in [0.2, 0.25) is 0 Å². The first-order valence-corrected chi connectivity index (χ1v) is 8.16. The van der Waals surface area contributed by atoms with E-state index in [1.54, 1.807) is 12.0 Å². The van der Waals surface area contributed by atoms with Crippen LogP contribution in [0.4, 0.5) is 0 Å². The normalized spacial score (nSPS) is 11.7. The molecule has 0 saturated carbocycles. The molecule has 1 unspecified atom stereocenters. The average Bonchev–Trinajstić information content (AvgIpc) is 2.62. The highest BCUT2D eigenvalue weighted by Crippen LogP contribution is 2.22. The molecule has 2 aromatic rings. The highest BCUT2D eigenvalue weighted by Gasteiger charge is 2.17. The lowest BCUT2D eigenvalue weighted by Gasteiger charge is -2.25. The summed E-state index contributed by atoms with van der Waals surface area (Å²) in [4.78, 5) is 14.3. The topological polar surface area (TPSA) is 38.8 Å². The Kier molecular flexibility index (Phi) is 6.24. The monoisotopic (exact) mass is 327 g/mol. The van der Waals surface area contributed by atoms with E-state index >= 15 is 0 Å². The molecule has 0 fully saturated rings. The lowest BCUT2D eigenvalue weighted by Crippen LogP contribution is -2.30. The highest BCUT2D eigenvalue weighted by molar-refractivity contribution is 5.79. The lowest BCUT2D eigenvalue weighted by molar-refractivity contribution is -0.131. The molecule has 0 aromatic heterocycles. The van der Waals surface area contributed by atoms with Crippen molar-refractivity contribution in [2.24, 2.45) is 0 Å². The second-order valence-corrected chi connectivity index (χ2v) is 5.71. The van der Waals surface area contributed by atoms with Crippen LogP contribution in [-0.4, -0.2) is 31.6 Å². The van der Waals surface area contributed by atoms with E-state index < -0.39 is 0 Å². The zero-order valence-corrected chi connectivity index (χ0v) is 14.8. The summed E-state index contributed by atoms with van der Waals surface area (Å²) in [6.07, 6.45) is 0.378. The minimum atomic E-state index is 0.00565. The van der Waals surface area contributed by atoms with Crippen LogP contribution in [0, 0.1) is 0 Å². The van der Waals surface area contributed by atoms with Gasteiger partial charge in [0.2, 0.25) is 5.91 Å². The third-order valence-corrected chi connectivity index (χ3v) is 4.16. The SMILES string of the molecule is CCOc1ccc(CC(=O)N(C)C(C)c2ccc(OC)cc2)cc1. The number of amides is 1. The molecule has 0 aliphatic heterocycles. The zero-order chi connectivity index (χ0) is 17.5. The maximum Gasteiger partial charge on any atom is 0.227 e. The molecule has 1 atom stereocenters. The van der Waals surface area contributed by atoms with E-state index in [0.717, 1.165) is 22.6 Å². The zero-order valence-electron chi connectivity index (χ0n) is 14.8. The van der Waals surface area contributed by atoms with Gasteiger partial charge in [-0.15, -0.1) is 0 Å². The summed E-state index contributed by atoms with van der Waals surface area (Å²) < 4.78 is 10.6. The van der Waals surface area contributed by atoms with E-state index in [0.29, 0.717) is 13.0 Å². The van der Waals surface area contributed by atoms with Gasteiger partial charge in [-0.05, 0) is 49.2 Å². The standard InChI is InChI=1S/C20H25NO3/c1-5-24-19-10-6-16(7-11-19)14-20(22)21(3)15(2)17-8-12-18(23-4)13-9-17/h6-13,15H,5,14H2,1-4H3. The number of hydrogen-bond donors (Lipinski definition) is 0. The van der Waals surface area contributed by atoms with Crippen molar-refractivity contribution in [3.63, 3.8) is 0 Å². The van der Waals surface area contributed by atoms with E-state index in [1.165, 1.54) is 0 Å². The maximum atomic E-state index is 12.5. The first-order valence-electron chi connectivity index (χ1n) is 8.16. The van der Waals surface area contributed by atoms with Gasteiger partial charge in [0, 0.05) is 7.05 Å². The largest absolute Gasteiger partial charge is 0.497 e. The molecule has 2 aromatic carbocycles. The van der Waals surface area contributed by atoms with Crippen LogP contribution in [0.1, 0.15) is 31.0 Å².